The second kappa shape index (κ2) is 23.3. The Bertz CT molecular complexity index is 1610. The molecule has 0 aliphatic rings. The molecule has 0 fully saturated rings. The number of ether oxygens (including phenoxy) is 3. The fourth-order valence-corrected chi connectivity index (χ4v) is 3.66. The van der Waals surface area contributed by atoms with Crippen molar-refractivity contribution in [1.82, 2.24) is 0 Å². The number of hydrogen-bond acceptors (Lipinski definition) is 11. The van der Waals surface area contributed by atoms with E-state index in [1.165, 1.54) is 86.0 Å². The van der Waals surface area contributed by atoms with Crippen LogP contribution in [0.3, 0.4) is 0 Å². The number of carbonyl (C=O) groups is 4. The number of hydrogen-bond donors (Lipinski definition) is 5. The minimum Gasteiger partial charge on any atom is -0.508 e. The van der Waals surface area contributed by atoms with Gasteiger partial charge >= 0.3 is 23.9 Å². The largest absolute Gasteiger partial charge is 0.508 e. The Balaban J connectivity index is 0.000000335. The average molecular weight is 693 g/mol. The second-order valence-electron chi connectivity index (χ2n) is 10.3. The summed E-state index contributed by atoms with van der Waals surface area (Å²) in [6, 6.07) is 22.2. The molecule has 0 heterocycles. The summed E-state index contributed by atoms with van der Waals surface area (Å²) in [4.78, 5) is 44.0. The number of esters is 3. The summed E-state index contributed by atoms with van der Waals surface area (Å²) in [7, 11) is 1.31. The minimum absolute atomic E-state index is 0.108. The lowest BCUT2D eigenvalue weighted by molar-refractivity contribution is 0.0492. The number of phenolic OH excluding ortho intramolecular Hbond substituents is 4. The molecule has 0 aliphatic carbocycles. The van der Waals surface area contributed by atoms with Gasteiger partial charge in [0.05, 0.1) is 42.6 Å². The Kier molecular flexibility index (Phi) is 19.6. The van der Waals surface area contributed by atoms with Gasteiger partial charge in [0.2, 0.25) is 0 Å². The molecule has 0 atom stereocenters. The first kappa shape index (κ1) is 42.0. The zero-order valence-electron chi connectivity index (χ0n) is 28.5. The molecule has 0 bridgehead atoms. The van der Waals surface area contributed by atoms with E-state index in [2.05, 4.69) is 4.74 Å². The zero-order valence-corrected chi connectivity index (χ0v) is 28.5. The van der Waals surface area contributed by atoms with Crippen molar-refractivity contribution in [3.8, 4) is 23.0 Å². The SMILES string of the molecule is CCCCOC(=O)c1ccc(O)cc1.CCCOC(=O)c1ccc(O)cc1.CCc1cc(O)ccc1C(=O)O.COC(=O)c1ccc(O)cc1. The number of carboxylic acid groups (broad SMARTS) is 1. The van der Waals surface area contributed by atoms with Crippen LogP contribution >= 0.6 is 0 Å². The van der Waals surface area contributed by atoms with Crippen molar-refractivity contribution in [2.45, 2.75) is 46.5 Å². The average Bonchev–Trinajstić information content (AvgIpc) is 3.11. The van der Waals surface area contributed by atoms with Crippen LogP contribution in [0.5, 0.6) is 23.0 Å². The lowest BCUT2D eigenvalue weighted by atomic mass is 10.1. The van der Waals surface area contributed by atoms with Gasteiger partial charge in [0.25, 0.3) is 0 Å². The van der Waals surface area contributed by atoms with E-state index in [0.29, 0.717) is 41.9 Å². The van der Waals surface area contributed by atoms with Crippen molar-refractivity contribution in [1.29, 1.82) is 0 Å². The molecule has 0 unspecified atom stereocenters. The lowest BCUT2D eigenvalue weighted by Gasteiger charge is -2.03. The maximum atomic E-state index is 11.3. The van der Waals surface area contributed by atoms with E-state index in [9.17, 15) is 19.2 Å². The number of methoxy groups -OCH3 is 1. The van der Waals surface area contributed by atoms with Gasteiger partial charge in [-0.25, -0.2) is 19.2 Å². The molecular formula is C38H44O12. The smallest absolute Gasteiger partial charge is 0.338 e. The number of aromatic carboxylic acids is 1. The van der Waals surface area contributed by atoms with Gasteiger partial charge in [0.1, 0.15) is 23.0 Å². The Labute approximate surface area is 291 Å². The zero-order chi connectivity index (χ0) is 37.5. The summed E-state index contributed by atoms with van der Waals surface area (Å²) in [6.45, 7) is 6.70. The molecule has 0 aliphatic heterocycles. The number of unbranched alkanes of at least 4 members (excludes halogenated alkanes) is 1. The number of carboxylic acids is 1. The molecule has 12 nitrogen and oxygen atoms in total. The van der Waals surface area contributed by atoms with Gasteiger partial charge < -0.3 is 39.7 Å². The van der Waals surface area contributed by atoms with E-state index in [4.69, 9.17) is 35.0 Å². The topological polar surface area (TPSA) is 197 Å². The number of aromatic hydroxyl groups is 4. The predicted octanol–water partition coefficient (Wildman–Crippen LogP) is 7.14. The summed E-state index contributed by atoms with van der Waals surface area (Å²) in [5.41, 5.74) is 2.29. The summed E-state index contributed by atoms with van der Waals surface area (Å²) in [5, 5.41) is 44.6. The highest BCUT2D eigenvalue weighted by Crippen LogP contribution is 2.17. The maximum absolute atomic E-state index is 11.3. The highest BCUT2D eigenvalue weighted by Gasteiger charge is 2.09. The van der Waals surface area contributed by atoms with Gasteiger partial charge in [-0.3, -0.25) is 0 Å². The quantitative estimate of drug-likeness (QED) is 0.0641. The van der Waals surface area contributed by atoms with E-state index >= 15 is 0 Å². The molecule has 4 aromatic carbocycles. The summed E-state index contributed by atoms with van der Waals surface area (Å²) in [6.07, 6.45) is 3.30. The minimum atomic E-state index is -0.952. The van der Waals surface area contributed by atoms with Crippen molar-refractivity contribution < 1.29 is 58.9 Å². The molecule has 12 heteroatoms. The van der Waals surface area contributed by atoms with Crippen LogP contribution in [0, 0.1) is 0 Å². The van der Waals surface area contributed by atoms with E-state index in [1.807, 2.05) is 20.8 Å². The number of carbonyl (C=O) groups excluding carboxylic acids is 3. The third-order valence-corrected chi connectivity index (χ3v) is 6.36. The molecule has 4 rings (SSSR count). The first-order valence-electron chi connectivity index (χ1n) is 15.7. The van der Waals surface area contributed by atoms with Gasteiger partial charge in [0.15, 0.2) is 0 Å². The molecule has 0 aromatic heterocycles. The van der Waals surface area contributed by atoms with Crippen LogP contribution in [0.15, 0.2) is 91.0 Å². The Morgan fingerprint density at radius 3 is 1.30 bits per heavy atom. The number of aryl methyl sites for hydroxylation is 1. The van der Waals surface area contributed by atoms with Crippen molar-refractivity contribution in [3.63, 3.8) is 0 Å². The molecule has 0 saturated carbocycles. The molecule has 0 amide bonds. The van der Waals surface area contributed by atoms with E-state index in [0.717, 1.165) is 19.3 Å². The van der Waals surface area contributed by atoms with Crippen LogP contribution in [0.1, 0.15) is 87.0 Å². The van der Waals surface area contributed by atoms with Crippen molar-refractivity contribution in [2.75, 3.05) is 20.3 Å². The number of phenols is 4. The van der Waals surface area contributed by atoms with Crippen LogP contribution in [0.4, 0.5) is 0 Å². The predicted molar refractivity (Wildman–Crippen MR) is 186 cm³/mol. The van der Waals surface area contributed by atoms with Crippen molar-refractivity contribution in [3.05, 3.63) is 119 Å². The molecule has 5 N–H and O–H groups in total. The molecule has 50 heavy (non-hydrogen) atoms. The van der Waals surface area contributed by atoms with Crippen LogP contribution in [-0.4, -0.2) is 69.7 Å². The van der Waals surface area contributed by atoms with Crippen LogP contribution < -0.4 is 0 Å². The van der Waals surface area contributed by atoms with Gasteiger partial charge in [-0.1, -0.05) is 27.2 Å². The first-order chi connectivity index (χ1) is 23.9. The maximum Gasteiger partial charge on any atom is 0.338 e. The number of rotatable bonds is 10. The summed E-state index contributed by atoms with van der Waals surface area (Å²) < 4.78 is 14.3. The molecule has 0 radical (unpaired) electrons. The molecule has 4 aromatic rings. The van der Waals surface area contributed by atoms with Crippen LogP contribution in [0.2, 0.25) is 0 Å². The Hall–Kier alpha value is -6.04. The Morgan fingerprint density at radius 1 is 0.540 bits per heavy atom. The first-order valence-corrected chi connectivity index (χ1v) is 15.7. The molecule has 0 saturated heterocycles. The summed E-state index contributed by atoms with van der Waals surface area (Å²) in [5.74, 6) is -1.49. The fraction of sp³-hybridized carbons (Fsp3) is 0.263. The normalized spacial score (nSPS) is 9.60. The van der Waals surface area contributed by atoms with Gasteiger partial charge in [-0.05, 0) is 116 Å². The molecule has 268 valence electrons. The standard InChI is InChI=1S/C11H14O3.C10H12O3.C9H10O3.C8H8O3/c1-2-3-8-14-11(13)9-4-6-10(12)7-5-9;1-2-7-13-10(12)8-3-5-9(11)6-4-8;1-2-6-5-7(10)3-4-8(6)9(11)12;1-11-8(10)6-2-4-7(9)5-3-6/h4-7,12H,2-3,8H2,1H3;3-6,11H,2,7H2,1H3;3-5,10H,2H2,1H3,(H,11,12);2-5,9H,1H3. The van der Waals surface area contributed by atoms with Crippen LogP contribution in [-0.2, 0) is 20.6 Å². The van der Waals surface area contributed by atoms with Crippen molar-refractivity contribution >= 4 is 23.9 Å². The fourth-order valence-electron chi connectivity index (χ4n) is 3.66. The van der Waals surface area contributed by atoms with Crippen molar-refractivity contribution in [2.24, 2.45) is 0 Å². The monoisotopic (exact) mass is 692 g/mol. The van der Waals surface area contributed by atoms with Gasteiger partial charge in [0, 0.05) is 0 Å². The van der Waals surface area contributed by atoms with Gasteiger partial charge in [-0.2, -0.15) is 0 Å². The van der Waals surface area contributed by atoms with E-state index in [-0.39, 0.29) is 40.5 Å². The van der Waals surface area contributed by atoms with Crippen LogP contribution in [0.25, 0.3) is 0 Å². The van der Waals surface area contributed by atoms with E-state index in [1.54, 1.807) is 12.1 Å². The molecular weight excluding hydrogens is 648 g/mol. The summed E-state index contributed by atoms with van der Waals surface area (Å²) >= 11 is 0. The van der Waals surface area contributed by atoms with Gasteiger partial charge in [-0.15, -0.1) is 0 Å². The lowest BCUT2D eigenvalue weighted by Crippen LogP contribution is -2.05. The number of benzene rings is 4. The third-order valence-electron chi connectivity index (χ3n) is 6.36. The highest BCUT2D eigenvalue weighted by atomic mass is 16.5. The third kappa shape index (κ3) is 16.2. The Morgan fingerprint density at radius 2 is 0.940 bits per heavy atom. The highest BCUT2D eigenvalue weighted by molar-refractivity contribution is 5.91. The van der Waals surface area contributed by atoms with E-state index < -0.39 is 11.9 Å². The second-order valence-corrected chi connectivity index (χ2v) is 10.3. The molecule has 0 spiro atoms.